The van der Waals surface area contributed by atoms with Crippen LogP contribution in [0.15, 0.2) is 17.1 Å². The van der Waals surface area contributed by atoms with E-state index in [1.165, 1.54) is 5.56 Å². The number of nitrogens with zero attached hydrogens (tertiary/aromatic N) is 1. The predicted octanol–water partition coefficient (Wildman–Crippen LogP) is 5.84. The van der Waals surface area contributed by atoms with Crippen molar-refractivity contribution in [2.75, 3.05) is 7.05 Å². The van der Waals surface area contributed by atoms with Gasteiger partial charge in [0.05, 0.1) is 11.8 Å². The molecule has 0 spiro atoms. The molecule has 29 heavy (non-hydrogen) atoms. The third-order valence-electron chi connectivity index (χ3n) is 7.95. The molecule has 1 aromatic carbocycles. The van der Waals surface area contributed by atoms with Crippen molar-refractivity contribution in [3.63, 3.8) is 0 Å². The van der Waals surface area contributed by atoms with Crippen molar-refractivity contribution in [1.82, 2.24) is 0 Å². The molecule has 2 fully saturated rings. The van der Waals surface area contributed by atoms with Crippen LogP contribution in [0.3, 0.4) is 0 Å². The Kier molecular flexibility index (Phi) is 5.06. The fourth-order valence-electron chi connectivity index (χ4n) is 5.58. The van der Waals surface area contributed by atoms with Crippen LogP contribution in [0.4, 0.5) is 0 Å². The van der Waals surface area contributed by atoms with Gasteiger partial charge in [-0.25, -0.2) is 0 Å². The van der Waals surface area contributed by atoms with E-state index >= 15 is 0 Å². The number of aliphatic hydroxyl groups excluding tert-OH is 1. The van der Waals surface area contributed by atoms with E-state index in [2.05, 4.69) is 74.4 Å². The zero-order valence-electron chi connectivity index (χ0n) is 20.1. The quantitative estimate of drug-likeness (QED) is 0.614. The highest BCUT2D eigenvalue weighted by molar-refractivity contribution is 6.07. The molecule has 0 saturated heterocycles. The summed E-state index contributed by atoms with van der Waals surface area (Å²) in [5.41, 5.74) is 3.39. The number of phenolic OH excluding ortho intramolecular Hbond substituents is 1. The van der Waals surface area contributed by atoms with Crippen molar-refractivity contribution in [2.24, 2.45) is 27.7 Å². The summed E-state index contributed by atoms with van der Waals surface area (Å²) in [6.07, 6.45) is 1.29. The van der Waals surface area contributed by atoms with Gasteiger partial charge in [-0.05, 0) is 52.6 Å². The Bertz CT molecular complexity index is 837. The maximum atomic E-state index is 11.4. The van der Waals surface area contributed by atoms with Gasteiger partial charge in [0.1, 0.15) is 5.75 Å². The smallest absolute Gasteiger partial charge is 0.128 e. The van der Waals surface area contributed by atoms with Crippen LogP contribution in [-0.2, 0) is 10.8 Å². The molecule has 0 bridgehead atoms. The number of benzene rings is 1. The lowest BCUT2D eigenvalue weighted by Crippen LogP contribution is -2.44. The zero-order chi connectivity index (χ0) is 22.2. The largest absolute Gasteiger partial charge is 0.507 e. The van der Waals surface area contributed by atoms with Crippen LogP contribution in [0.1, 0.15) is 91.8 Å². The SMILES string of the molecule is CN=C(c1cc(C(C)(C)C)cc(C(C)(C)C)c1O)[C@]1(C)C[C@H]2[C@@H](C[C@H]1O)C2(C)C. The minimum absolute atomic E-state index is 0.0447. The van der Waals surface area contributed by atoms with Crippen molar-refractivity contribution < 1.29 is 10.2 Å². The molecule has 1 aromatic rings. The summed E-state index contributed by atoms with van der Waals surface area (Å²) in [5.74, 6) is 1.53. The number of phenols is 1. The molecule has 0 unspecified atom stereocenters. The molecule has 2 aliphatic rings. The first-order valence-electron chi connectivity index (χ1n) is 11.1. The normalized spacial score (nSPS) is 32.1. The van der Waals surface area contributed by atoms with Crippen LogP contribution in [-0.4, -0.2) is 29.1 Å². The lowest BCUT2D eigenvalue weighted by molar-refractivity contribution is 0.0409. The van der Waals surface area contributed by atoms with E-state index in [1.54, 1.807) is 7.05 Å². The van der Waals surface area contributed by atoms with E-state index in [4.69, 9.17) is 4.99 Å². The number of aliphatic imine (C=N–C) groups is 1. The highest BCUT2D eigenvalue weighted by atomic mass is 16.3. The average Bonchev–Trinajstić information content (AvgIpc) is 3.07. The Balaban J connectivity index is 2.17. The first kappa shape index (κ1) is 22.3. The molecule has 2 N–H and O–H groups in total. The number of rotatable bonds is 2. The Morgan fingerprint density at radius 2 is 1.59 bits per heavy atom. The van der Waals surface area contributed by atoms with Crippen LogP contribution in [0.2, 0.25) is 0 Å². The standard InChI is InChI=1S/C26H41NO2/c1-23(2,3)15-11-16(21(29)18(12-15)24(4,5)6)22(27-10)26(9)14-19-17(13-20(26)28)25(19,7)8/h11-12,17,19-20,28-29H,13-14H2,1-10H3/t17-,19+,20-,26-/m1/s1. The Morgan fingerprint density at radius 1 is 1.00 bits per heavy atom. The average molecular weight is 400 g/mol. The summed E-state index contributed by atoms with van der Waals surface area (Å²) in [4.78, 5) is 4.71. The summed E-state index contributed by atoms with van der Waals surface area (Å²) in [7, 11) is 1.80. The number of hydrogen-bond donors (Lipinski definition) is 2. The van der Waals surface area contributed by atoms with Gasteiger partial charge < -0.3 is 10.2 Å². The van der Waals surface area contributed by atoms with Crippen molar-refractivity contribution in [1.29, 1.82) is 0 Å². The molecule has 0 amide bonds. The lowest BCUT2D eigenvalue weighted by atomic mass is 9.67. The molecular formula is C26H41NO2. The molecule has 3 nitrogen and oxygen atoms in total. The van der Waals surface area contributed by atoms with E-state index in [-0.39, 0.29) is 10.8 Å². The third kappa shape index (κ3) is 3.54. The van der Waals surface area contributed by atoms with Crippen LogP contribution < -0.4 is 0 Å². The van der Waals surface area contributed by atoms with Gasteiger partial charge in [-0.2, -0.15) is 0 Å². The Hall–Kier alpha value is -1.35. The summed E-state index contributed by atoms with van der Waals surface area (Å²) >= 11 is 0. The van der Waals surface area contributed by atoms with Gasteiger partial charge in [0.15, 0.2) is 0 Å². The maximum Gasteiger partial charge on any atom is 0.128 e. The molecule has 2 saturated carbocycles. The van der Waals surface area contributed by atoms with E-state index < -0.39 is 11.5 Å². The van der Waals surface area contributed by atoms with Gasteiger partial charge in [0, 0.05) is 23.6 Å². The van der Waals surface area contributed by atoms with Crippen molar-refractivity contribution in [3.8, 4) is 5.75 Å². The molecule has 3 heteroatoms. The highest BCUT2D eigenvalue weighted by Crippen LogP contribution is 2.68. The molecule has 3 rings (SSSR count). The van der Waals surface area contributed by atoms with Crippen LogP contribution in [0.5, 0.6) is 5.75 Å². The highest BCUT2D eigenvalue weighted by Gasteiger charge is 2.64. The van der Waals surface area contributed by atoms with Crippen LogP contribution >= 0.6 is 0 Å². The lowest BCUT2D eigenvalue weighted by Gasteiger charge is -2.40. The molecular weight excluding hydrogens is 358 g/mol. The van der Waals surface area contributed by atoms with Gasteiger partial charge in [0.2, 0.25) is 0 Å². The monoisotopic (exact) mass is 399 g/mol. The summed E-state index contributed by atoms with van der Waals surface area (Å²) in [6, 6.07) is 4.25. The van der Waals surface area contributed by atoms with Crippen LogP contribution in [0, 0.1) is 22.7 Å². The first-order chi connectivity index (χ1) is 13.0. The molecule has 0 aliphatic heterocycles. The minimum Gasteiger partial charge on any atom is -0.507 e. The molecule has 2 aliphatic carbocycles. The maximum absolute atomic E-state index is 11.4. The first-order valence-corrected chi connectivity index (χ1v) is 11.1. The number of aromatic hydroxyl groups is 1. The van der Waals surface area contributed by atoms with Crippen molar-refractivity contribution in [3.05, 3.63) is 28.8 Å². The third-order valence-corrected chi connectivity index (χ3v) is 7.95. The Morgan fingerprint density at radius 3 is 2.07 bits per heavy atom. The van der Waals surface area contributed by atoms with E-state index in [9.17, 15) is 10.2 Å². The number of hydrogen-bond acceptors (Lipinski definition) is 3. The minimum atomic E-state index is -0.452. The molecule has 0 heterocycles. The fraction of sp³-hybridized carbons (Fsp3) is 0.731. The fourth-order valence-corrected chi connectivity index (χ4v) is 5.58. The number of aliphatic hydroxyl groups is 1. The van der Waals surface area contributed by atoms with E-state index in [0.717, 1.165) is 29.7 Å². The summed E-state index contributed by atoms with van der Waals surface area (Å²) in [5, 5.41) is 22.6. The topological polar surface area (TPSA) is 52.8 Å². The zero-order valence-corrected chi connectivity index (χ0v) is 20.1. The number of fused-ring (bicyclic) bond motifs is 1. The molecule has 4 atom stereocenters. The molecule has 0 radical (unpaired) electrons. The second-order valence-electron chi connectivity index (χ2n) is 12.4. The van der Waals surface area contributed by atoms with Crippen molar-refractivity contribution in [2.45, 2.75) is 92.1 Å². The van der Waals surface area contributed by atoms with Gasteiger partial charge in [0.25, 0.3) is 0 Å². The van der Waals surface area contributed by atoms with Gasteiger partial charge in [-0.15, -0.1) is 0 Å². The summed E-state index contributed by atoms with van der Waals surface area (Å²) < 4.78 is 0. The van der Waals surface area contributed by atoms with Gasteiger partial charge in [-0.1, -0.05) is 68.4 Å². The van der Waals surface area contributed by atoms with Gasteiger partial charge >= 0.3 is 0 Å². The Labute approximate surface area is 177 Å². The molecule has 0 aromatic heterocycles. The van der Waals surface area contributed by atoms with Crippen molar-refractivity contribution >= 4 is 5.71 Å². The second kappa shape index (κ2) is 6.57. The predicted molar refractivity (Wildman–Crippen MR) is 122 cm³/mol. The van der Waals surface area contributed by atoms with Gasteiger partial charge in [-0.3, -0.25) is 4.99 Å². The molecule has 162 valence electrons. The summed E-state index contributed by atoms with van der Waals surface area (Å²) in [6.45, 7) is 19.8. The van der Waals surface area contributed by atoms with E-state index in [1.807, 2.05) is 0 Å². The second-order valence-corrected chi connectivity index (χ2v) is 12.4. The van der Waals surface area contributed by atoms with Crippen LogP contribution in [0.25, 0.3) is 0 Å². The van der Waals surface area contributed by atoms with E-state index in [0.29, 0.717) is 23.0 Å².